The lowest BCUT2D eigenvalue weighted by atomic mass is 10.1. The first-order valence-corrected chi connectivity index (χ1v) is 8.83. The molecule has 10 heteroatoms. The van der Waals surface area contributed by atoms with Crippen molar-refractivity contribution in [3.63, 3.8) is 0 Å². The molecule has 8 nitrogen and oxygen atoms in total. The van der Waals surface area contributed by atoms with E-state index >= 15 is 0 Å². The molecule has 0 amide bonds. The summed E-state index contributed by atoms with van der Waals surface area (Å²) in [6.07, 6.45) is 3.34. The summed E-state index contributed by atoms with van der Waals surface area (Å²) in [5.74, 6) is -1.22. The summed E-state index contributed by atoms with van der Waals surface area (Å²) in [7, 11) is 0. The molecule has 3 N–H and O–H groups in total. The topological polar surface area (TPSA) is 113 Å². The molecule has 0 aliphatic carbocycles. The lowest BCUT2D eigenvalue weighted by Gasteiger charge is -2.08. The number of nitro groups is 1. The van der Waals surface area contributed by atoms with E-state index in [1.807, 2.05) is 0 Å². The van der Waals surface area contributed by atoms with Gasteiger partial charge in [0.2, 0.25) is 11.8 Å². The zero-order valence-corrected chi connectivity index (χ0v) is 15.1. The zero-order valence-electron chi connectivity index (χ0n) is 15.1. The molecule has 0 unspecified atom stereocenters. The zero-order chi connectivity index (χ0) is 20.8. The second-order valence-corrected chi connectivity index (χ2v) is 6.55. The van der Waals surface area contributed by atoms with Crippen LogP contribution >= 0.6 is 0 Å². The predicted octanol–water partition coefficient (Wildman–Crippen LogP) is 5.04. The van der Waals surface area contributed by atoms with Crippen molar-refractivity contribution in [1.29, 1.82) is 0 Å². The van der Waals surface area contributed by atoms with Gasteiger partial charge in [0.15, 0.2) is 0 Å². The predicted molar refractivity (Wildman–Crippen MR) is 107 cm³/mol. The van der Waals surface area contributed by atoms with Crippen LogP contribution in [0.25, 0.3) is 33.2 Å². The van der Waals surface area contributed by atoms with Crippen LogP contribution in [0.5, 0.6) is 0 Å². The maximum absolute atomic E-state index is 14.5. The Hall–Kier alpha value is -4.34. The SMILES string of the molecule is O=[N+]([O-])c1cc(Nc2nc(-c3c[nH]c4cccc(F)c34)c3cc[nH]c3n2)ccc1F. The van der Waals surface area contributed by atoms with E-state index in [2.05, 4.69) is 25.3 Å². The lowest BCUT2D eigenvalue weighted by molar-refractivity contribution is -0.387. The Morgan fingerprint density at radius 3 is 2.73 bits per heavy atom. The van der Waals surface area contributed by atoms with Crippen LogP contribution in [-0.4, -0.2) is 24.9 Å². The quantitative estimate of drug-likeness (QED) is 0.286. The second kappa shape index (κ2) is 6.62. The van der Waals surface area contributed by atoms with Gasteiger partial charge in [-0.25, -0.2) is 9.37 Å². The summed E-state index contributed by atoms with van der Waals surface area (Å²) in [6, 6.07) is 9.90. The first-order valence-electron chi connectivity index (χ1n) is 8.83. The van der Waals surface area contributed by atoms with Gasteiger partial charge in [-0.05, 0) is 30.3 Å². The van der Waals surface area contributed by atoms with Gasteiger partial charge < -0.3 is 15.3 Å². The van der Waals surface area contributed by atoms with E-state index in [9.17, 15) is 18.9 Å². The Kier molecular flexibility index (Phi) is 3.91. The summed E-state index contributed by atoms with van der Waals surface area (Å²) in [5, 5.41) is 14.9. The highest BCUT2D eigenvalue weighted by molar-refractivity contribution is 6.02. The van der Waals surface area contributed by atoms with Crippen molar-refractivity contribution in [1.82, 2.24) is 19.9 Å². The molecule has 0 aliphatic rings. The molecule has 30 heavy (non-hydrogen) atoms. The van der Waals surface area contributed by atoms with Gasteiger partial charge in [0.1, 0.15) is 11.5 Å². The Bertz CT molecular complexity index is 1440. The fourth-order valence-electron chi connectivity index (χ4n) is 3.39. The number of anilines is 2. The number of rotatable bonds is 4. The number of hydrogen-bond donors (Lipinski definition) is 3. The molecule has 0 atom stereocenters. The van der Waals surface area contributed by atoms with Gasteiger partial charge in [0.05, 0.1) is 10.6 Å². The molecule has 0 saturated carbocycles. The molecular formula is C20H12F2N6O2. The molecule has 148 valence electrons. The number of halogens is 2. The molecule has 3 aromatic heterocycles. The van der Waals surface area contributed by atoms with Crippen molar-refractivity contribution in [3.8, 4) is 11.3 Å². The van der Waals surface area contributed by atoms with Crippen LogP contribution in [0.1, 0.15) is 0 Å². The van der Waals surface area contributed by atoms with Crippen LogP contribution in [0.2, 0.25) is 0 Å². The number of nitrogens with zero attached hydrogens (tertiary/aromatic N) is 3. The maximum Gasteiger partial charge on any atom is 0.306 e. The molecule has 2 aromatic carbocycles. The summed E-state index contributed by atoms with van der Waals surface area (Å²) < 4.78 is 28.1. The number of H-pyrrole nitrogens is 2. The van der Waals surface area contributed by atoms with Crippen LogP contribution in [-0.2, 0) is 0 Å². The molecule has 0 fully saturated rings. The first-order chi connectivity index (χ1) is 14.5. The van der Waals surface area contributed by atoms with Gasteiger partial charge in [-0.2, -0.15) is 9.37 Å². The Balaban J connectivity index is 1.66. The van der Waals surface area contributed by atoms with Gasteiger partial charge in [-0.15, -0.1) is 0 Å². The maximum atomic E-state index is 14.5. The number of aromatic amines is 2. The van der Waals surface area contributed by atoms with Crippen molar-refractivity contribution in [2.75, 3.05) is 5.32 Å². The van der Waals surface area contributed by atoms with E-state index < -0.39 is 22.2 Å². The minimum absolute atomic E-state index is 0.117. The summed E-state index contributed by atoms with van der Waals surface area (Å²) in [4.78, 5) is 25.1. The number of benzene rings is 2. The highest BCUT2D eigenvalue weighted by atomic mass is 19.1. The smallest absolute Gasteiger partial charge is 0.306 e. The molecule has 5 aromatic rings. The molecule has 0 bridgehead atoms. The molecule has 0 spiro atoms. The minimum atomic E-state index is -0.943. The number of hydrogen-bond acceptors (Lipinski definition) is 5. The van der Waals surface area contributed by atoms with E-state index in [-0.39, 0.29) is 11.6 Å². The summed E-state index contributed by atoms with van der Waals surface area (Å²) in [5.41, 5.74) is 1.70. The third-order valence-electron chi connectivity index (χ3n) is 4.72. The molecule has 0 saturated heterocycles. The van der Waals surface area contributed by atoms with Crippen LogP contribution in [0.4, 0.5) is 26.1 Å². The van der Waals surface area contributed by atoms with E-state index in [1.54, 1.807) is 30.6 Å². The number of nitrogens with one attached hydrogen (secondary N) is 3. The van der Waals surface area contributed by atoms with Crippen molar-refractivity contribution in [2.45, 2.75) is 0 Å². The largest absolute Gasteiger partial charge is 0.360 e. The van der Waals surface area contributed by atoms with Gasteiger partial charge in [-0.3, -0.25) is 10.1 Å². The first kappa shape index (κ1) is 17.7. The van der Waals surface area contributed by atoms with Crippen LogP contribution in [0, 0.1) is 21.7 Å². The normalized spacial score (nSPS) is 11.3. The molecule has 0 radical (unpaired) electrons. The van der Waals surface area contributed by atoms with E-state index in [4.69, 9.17) is 0 Å². The van der Waals surface area contributed by atoms with Crippen molar-refractivity contribution in [2.24, 2.45) is 0 Å². The molecule has 5 rings (SSSR count). The monoisotopic (exact) mass is 406 g/mol. The fraction of sp³-hybridized carbons (Fsp3) is 0. The summed E-state index contributed by atoms with van der Waals surface area (Å²) >= 11 is 0. The standard InChI is InChI=1S/C20H12F2N6O2/c21-13-5-4-10(8-16(13)28(29)30)25-20-26-18(11-6-7-23-19(11)27-20)12-9-24-15-3-1-2-14(22)17(12)15/h1-9,24H,(H2,23,25,26,27). The van der Waals surface area contributed by atoms with Crippen molar-refractivity contribution in [3.05, 3.63) is 76.6 Å². The third kappa shape index (κ3) is 2.82. The lowest BCUT2D eigenvalue weighted by Crippen LogP contribution is -2.01. The molecule has 3 heterocycles. The van der Waals surface area contributed by atoms with Gasteiger partial charge in [0, 0.05) is 46.0 Å². The molecule has 0 aliphatic heterocycles. The average molecular weight is 406 g/mol. The van der Waals surface area contributed by atoms with Crippen LogP contribution < -0.4 is 5.32 Å². The van der Waals surface area contributed by atoms with E-state index in [1.165, 1.54) is 12.1 Å². The Morgan fingerprint density at radius 2 is 1.90 bits per heavy atom. The third-order valence-corrected chi connectivity index (χ3v) is 4.72. The highest BCUT2D eigenvalue weighted by Gasteiger charge is 2.18. The average Bonchev–Trinajstić information content (AvgIpc) is 3.36. The molecular weight excluding hydrogens is 394 g/mol. The second-order valence-electron chi connectivity index (χ2n) is 6.55. The number of aromatic nitrogens is 4. The van der Waals surface area contributed by atoms with Crippen molar-refractivity contribution < 1.29 is 13.7 Å². The Labute approximate surface area is 166 Å². The summed E-state index contributed by atoms with van der Waals surface area (Å²) in [6.45, 7) is 0. The fourth-order valence-corrected chi connectivity index (χ4v) is 3.39. The number of nitro benzene ring substituents is 1. The minimum Gasteiger partial charge on any atom is -0.360 e. The highest BCUT2D eigenvalue weighted by Crippen LogP contribution is 2.34. The van der Waals surface area contributed by atoms with E-state index in [0.717, 1.165) is 12.1 Å². The Morgan fingerprint density at radius 1 is 1.03 bits per heavy atom. The van der Waals surface area contributed by atoms with Gasteiger partial charge >= 0.3 is 5.69 Å². The number of fused-ring (bicyclic) bond motifs is 2. The van der Waals surface area contributed by atoms with Gasteiger partial charge in [-0.1, -0.05) is 6.07 Å². The van der Waals surface area contributed by atoms with Crippen LogP contribution in [0.15, 0.2) is 54.9 Å². The van der Waals surface area contributed by atoms with Gasteiger partial charge in [0.25, 0.3) is 0 Å². The van der Waals surface area contributed by atoms with Crippen molar-refractivity contribution >= 4 is 39.3 Å². The van der Waals surface area contributed by atoms with Crippen LogP contribution in [0.3, 0.4) is 0 Å². The van der Waals surface area contributed by atoms with E-state index in [0.29, 0.717) is 33.2 Å².